The topological polar surface area (TPSA) is 102 Å². The summed E-state index contributed by atoms with van der Waals surface area (Å²) >= 11 is 0. The smallest absolute Gasteiger partial charge is 0.338 e. The van der Waals surface area contributed by atoms with Gasteiger partial charge < -0.3 is 10.1 Å². The van der Waals surface area contributed by atoms with Crippen LogP contribution >= 0.6 is 0 Å². The lowest BCUT2D eigenvalue weighted by atomic mass is 10.2. The van der Waals surface area contributed by atoms with Crippen molar-refractivity contribution in [1.82, 2.24) is 5.32 Å². The molecule has 0 spiro atoms. The number of rotatable bonds is 7. The van der Waals surface area contributed by atoms with Gasteiger partial charge in [-0.1, -0.05) is 24.3 Å². The molecule has 0 saturated carbocycles. The van der Waals surface area contributed by atoms with E-state index < -0.39 is 28.5 Å². The Hall–Kier alpha value is -2.87. The molecule has 8 heteroatoms. The van der Waals surface area contributed by atoms with Crippen LogP contribution in [0.2, 0.25) is 0 Å². The summed E-state index contributed by atoms with van der Waals surface area (Å²) < 4.78 is 32.0. The van der Waals surface area contributed by atoms with Crippen molar-refractivity contribution in [1.29, 1.82) is 0 Å². The zero-order valence-corrected chi connectivity index (χ0v) is 15.2. The SMILES string of the molecule is CC(C)NC(=O)COC(=O)c1cccc(NS(=O)(=O)c2ccccc2)c1. The van der Waals surface area contributed by atoms with Crippen LogP contribution in [0.5, 0.6) is 0 Å². The minimum Gasteiger partial charge on any atom is -0.452 e. The zero-order valence-electron chi connectivity index (χ0n) is 14.4. The molecule has 0 radical (unpaired) electrons. The Labute approximate surface area is 152 Å². The summed E-state index contributed by atoms with van der Waals surface area (Å²) in [5.74, 6) is -1.13. The van der Waals surface area contributed by atoms with Crippen LogP contribution in [-0.2, 0) is 19.6 Å². The first-order valence-corrected chi connectivity index (χ1v) is 9.40. The van der Waals surface area contributed by atoms with Crippen LogP contribution < -0.4 is 10.0 Å². The van der Waals surface area contributed by atoms with E-state index in [0.717, 1.165) is 0 Å². The molecule has 0 saturated heterocycles. The fourth-order valence-corrected chi connectivity index (χ4v) is 3.17. The number of carbonyl (C=O) groups is 2. The van der Waals surface area contributed by atoms with Crippen LogP contribution in [0, 0.1) is 0 Å². The van der Waals surface area contributed by atoms with E-state index in [2.05, 4.69) is 10.0 Å². The summed E-state index contributed by atoms with van der Waals surface area (Å²) in [6, 6.07) is 13.7. The molecule has 0 bridgehead atoms. The molecular weight excluding hydrogens is 356 g/mol. The summed E-state index contributed by atoms with van der Waals surface area (Å²) in [4.78, 5) is 23.7. The van der Waals surface area contributed by atoms with E-state index >= 15 is 0 Å². The fraction of sp³-hybridized carbons (Fsp3) is 0.222. The summed E-state index contributed by atoms with van der Waals surface area (Å²) in [5, 5.41) is 2.60. The number of carbonyl (C=O) groups excluding carboxylic acids is 2. The first-order chi connectivity index (χ1) is 12.3. The van der Waals surface area contributed by atoms with Crippen LogP contribution in [-0.4, -0.2) is 32.9 Å². The second kappa shape index (κ2) is 8.48. The standard InChI is InChI=1S/C18H20N2O5S/c1-13(2)19-17(21)12-25-18(22)14-7-6-8-15(11-14)20-26(23,24)16-9-4-3-5-10-16/h3-11,13,20H,12H2,1-2H3,(H,19,21). The van der Waals surface area contributed by atoms with E-state index in [4.69, 9.17) is 4.74 Å². The van der Waals surface area contributed by atoms with Crippen LogP contribution in [0.4, 0.5) is 5.69 Å². The van der Waals surface area contributed by atoms with Gasteiger partial charge in [0.2, 0.25) is 0 Å². The highest BCUT2D eigenvalue weighted by atomic mass is 32.2. The number of hydrogen-bond acceptors (Lipinski definition) is 5. The maximum Gasteiger partial charge on any atom is 0.338 e. The van der Waals surface area contributed by atoms with Gasteiger partial charge in [-0.25, -0.2) is 13.2 Å². The predicted octanol–water partition coefficient (Wildman–Crippen LogP) is 2.17. The largest absolute Gasteiger partial charge is 0.452 e. The second-order valence-electron chi connectivity index (χ2n) is 5.80. The number of benzene rings is 2. The van der Waals surface area contributed by atoms with Gasteiger partial charge in [0.1, 0.15) is 0 Å². The third-order valence-corrected chi connectivity index (χ3v) is 4.59. The van der Waals surface area contributed by atoms with E-state index in [-0.39, 0.29) is 22.2 Å². The van der Waals surface area contributed by atoms with E-state index in [0.29, 0.717) is 0 Å². The normalized spacial score (nSPS) is 11.0. The first-order valence-electron chi connectivity index (χ1n) is 7.92. The van der Waals surface area contributed by atoms with Gasteiger partial charge >= 0.3 is 5.97 Å². The van der Waals surface area contributed by atoms with Gasteiger partial charge in [-0.3, -0.25) is 9.52 Å². The summed E-state index contributed by atoms with van der Waals surface area (Å²) in [7, 11) is -3.76. The molecule has 7 nitrogen and oxygen atoms in total. The zero-order chi connectivity index (χ0) is 19.2. The number of amides is 1. The highest BCUT2D eigenvalue weighted by Crippen LogP contribution is 2.17. The summed E-state index contributed by atoms with van der Waals surface area (Å²) in [6.07, 6.45) is 0. The van der Waals surface area contributed by atoms with Gasteiger partial charge in [0, 0.05) is 11.7 Å². The molecule has 0 aromatic heterocycles. The Bertz CT molecular complexity index is 879. The molecule has 0 aliphatic carbocycles. The molecule has 0 fully saturated rings. The number of esters is 1. The van der Waals surface area contributed by atoms with E-state index in [9.17, 15) is 18.0 Å². The molecule has 138 valence electrons. The van der Waals surface area contributed by atoms with Crippen molar-refractivity contribution in [2.45, 2.75) is 24.8 Å². The predicted molar refractivity (Wildman–Crippen MR) is 97.3 cm³/mol. The van der Waals surface area contributed by atoms with Crippen molar-refractivity contribution in [2.75, 3.05) is 11.3 Å². The third-order valence-electron chi connectivity index (χ3n) is 3.19. The Kier molecular flexibility index (Phi) is 6.35. The number of hydrogen-bond donors (Lipinski definition) is 2. The molecule has 0 atom stereocenters. The Morgan fingerprint density at radius 3 is 2.38 bits per heavy atom. The van der Waals surface area contributed by atoms with E-state index in [1.165, 1.54) is 36.4 Å². The Morgan fingerprint density at radius 1 is 1.04 bits per heavy atom. The van der Waals surface area contributed by atoms with Gasteiger partial charge in [0.15, 0.2) is 6.61 Å². The second-order valence-corrected chi connectivity index (χ2v) is 7.48. The molecule has 2 rings (SSSR count). The Morgan fingerprint density at radius 2 is 1.73 bits per heavy atom. The number of nitrogens with one attached hydrogen (secondary N) is 2. The van der Waals surface area contributed by atoms with Crippen molar-refractivity contribution in [3.63, 3.8) is 0 Å². The monoisotopic (exact) mass is 376 g/mol. The van der Waals surface area contributed by atoms with Crippen LogP contribution in [0.15, 0.2) is 59.5 Å². The van der Waals surface area contributed by atoms with Gasteiger partial charge in [-0.05, 0) is 44.2 Å². The molecule has 26 heavy (non-hydrogen) atoms. The van der Waals surface area contributed by atoms with Gasteiger partial charge in [-0.15, -0.1) is 0 Å². The lowest BCUT2D eigenvalue weighted by Gasteiger charge is -2.10. The van der Waals surface area contributed by atoms with Gasteiger partial charge in [0.25, 0.3) is 15.9 Å². The number of sulfonamides is 1. The maximum absolute atomic E-state index is 12.3. The van der Waals surface area contributed by atoms with Gasteiger partial charge in [0.05, 0.1) is 10.5 Å². The molecule has 0 aliphatic heterocycles. The van der Waals surface area contributed by atoms with Crippen molar-refractivity contribution >= 4 is 27.6 Å². The van der Waals surface area contributed by atoms with Crippen molar-refractivity contribution in [3.05, 3.63) is 60.2 Å². The van der Waals surface area contributed by atoms with Crippen LogP contribution in [0.3, 0.4) is 0 Å². The average Bonchev–Trinajstić information content (AvgIpc) is 2.60. The number of ether oxygens (including phenoxy) is 1. The van der Waals surface area contributed by atoms with Crippen molar-refractivity contribution in [3.8, 4) is 0 Å². The molecule has 0 aliphatic rings. The maximum atomic E-state index is 12.3. The lowest BCUT2D eigenvalue weighted by Crippen LogP contribution is -2.33. The van der Waals surface area contributed by atoms with Crippen molar-refractivity contribution in [2.24, 2.45) is 0 Å². The van der Waals surface area contributed by atoms with Crippen LogP contribution in [0.1, 0.15) is 24.2 Å². The molecular formula is C18H20N2O5S. The quantitative estimate of drug-likeness (QED) is 0.721. The highest BCUT2D eigenvalue weighted by molar-refractivity contribution is 7.92. The lowest BCUT2D eigenvalue weighted by molar-refractivity contribution is -0.124. The molecule has 0 heterocycles. The van der Waals surface area contributed by atoms with E-state index in [1.807, 2.05) is 0 Å². The minimum absolute atomic E-state index is 0.0584. The highest BCUT2D eigenvalue weighted by Gasteiger charge is 2.15. The fourth-order valence-electron chi connectivity index (χ4n) is 2.10. The molecule has 2 aromatic carbocycles. The van der Waals surface area contributed by atoms with Gasteiger partial charge in [-0.2, -0.15) is 0 Å². The summed E-state index contributed by atoms with van der Waals surface area (Å²) in [6.45, 7) is 3.18. The minimum atomic E-state index is -3.76. The molecule has 2 N–H and O–H groups in total. The first kappa shape index (κ1) is 19.5. The molecule has 1 amide bonds. The Balaban J connectivity index is 2.06. The molecule has 2 aromatic rings. The van der Waals surface area contributed by atoms with Crippen molar-refractivity contribution < 1.29 is 22.7 Å². The summed E-state index contributed by atoms with van der Waals surface area (Å²) in [5.41, 5.74) is 0.352. The van der Waals surface area contributed by atoms with Crippen LogP contribution in [0.25, 0.3) is 0 Å². The average molecular weight is 376 g/mol. The molecule has 0 unspecified atom stereocenters. The van der Waals surface area contributed by atoms with E-state index in [1.54, 1.807) is 32.0 Å². The third kappa shape index (κ3) is 5.59. The number of anilines is 1.